The fraction of sp³-hybridized carbons (Fsp3) is 1.00. The molecular formula is CH5ClOS. The van der Waals surface area contributed by atoms with Crippen molar-refractivity contribution < 1.29 is 5.48 Å². The monoisotopic (exact) mass is 100.0 g/mol. The van der Waals surface area contributed by atoms with Gasteiger partial charge in [-0.15, -0.1) is 0 Å². The molecule has 0 atom stereocenters. The highest BCUT2D eigenvalue weighted by Gasteiger charge is 1.37. The molecule has 0 aromatic carbocycles. The van der Waals surface area contributed by atoms with Gasteiger partial charge >= 0.3 is 0 Å². The molecule has 1 nitrogen and oxygen atoms in total. The Labute approximate surface area is 34.2 Å². The molecular weight excluding hydrogens is 95.5 g/mol. The molecule has 0 aromatic heterocycles. The van der Waals surface area contributed by atoms with E-state index in [0.29, 0.717) is 0 Å². The molecule has 0 saturated carbocycles. The highest BCUT2D eigenvalue weighted by atomic mass is 35.7. The summed E-state index contributed by atoms with van der Waals surface area (Å²) in [6, 6.07) is 0. The first-order chi connectivity index (χ1) is 1.41. The smallest absolute Gasteiger partial charge is 0.00307 e. The fourth-order valence-electron chi connectivity index (χ4n) is 0. The molecule has 4 heavy (non-hydrogen) atoms. The molecule has 0 radical (unpaired) electrons. The molecule has 0 heterocycles. The van der Waals surface area contributed by atoms with Crippen LogP contribution in [0.3, 0.4) is 0 Å². The van der Waals surface area contributed by atoms with Crippen molar-refractivity contribution in [1.29, 1.82) is 0 Å². The van der Waals surface area contributed by atoms with E-state index in [1.165, 1.54) is 11.0 Å². The Bertz CT molecular complexity index is 8.00. The average molecular weight is 101 g/mol. The summed E-state index contributed by atoms with van der Waals surface area (Å²) in [5.41, 5.74) is 0. The van der Waals surface area contributed by atoms with Crippen LogP contribution in [-0.2, 0) is 0 Å². The second-order valence-corrected chi connectivity index (χ2v) is 1.39. The molecule has 0 spiro atoms. The molecule has 0 aromatic rings. The van der Waals surface area contributed by atoms with Crippen LogP contribution in [0.2, 0.25) is 0 Å². The summed E-state index contributed by atoms with van der Waals surface area (Å²) in [4.78, 5) is 0. The lowest BCUT2D eigenvalue weighted by molar-refractivity contribution is 0.824. The molecule has 0 saturated heterocycles. The average Bonchev–Trinajstić information content (AvgIpc) is 0.918. The van der Waals surface area contributed by atoms with E-state index in [0.717, 1.165) is 0 Å². The molecule has 0 aliphatic heterocycles. The maximum atomic E-state index is 4.92. The Morgan fingerprint density at radius 1 is 1.75 bits per heavy atom. The topological polar surface area (TPSA) is 31.5 Å². The molecule has 0 unspecified atom stereocenters. The van der Waals surface area contributed by atoms with Gasteiger partial charge in [-0.2, -0.15) is 0 Å². The summed E-state index contributed by atoms with van der Waals surface area (Å²) in [5.74, 6) is 0. The van der Waals surface area contributed by atoms with Crippen molar-refractivity contribution >= 4 is 21.7 Å². The van der Waals surface area contributed by atoms with Crippen molar-refractivity contribution in [3.63, 3.8) is 0 Å². The summed E-state index contributed by atoms with van der Waals surface area (Å²) >= 11 is 0. The molecule has 28 valence electrons. The molecule has 0 aliphatic carbocycles. The highest BCUT2D eigenvalue weighted by Crippen LogP contribution is 1.93. The summed E-state index contributed by atoms with van der Waals surface area (Å²) in [6.07, 6.45) is 1.81. The van der Waals surface area contributed by atoms with Crippen LogP contribution in [0.5, 0.6) is 0 Å². The Kier molecular flexibility index (Phi) is 21.0. The quantitative estimate of drug-likeness (QED) is 0.441. The first-order valence-corrected chi connectivity index (χ1v) is 2.61. The van der Waals surface area contributed by atoms with Gasteiger partial charge in [-0.3, -0.25) is 0 Å². The normalized spacial score (nSPS) is 4.50. The van der Waals surface area contributed by atoms with E-state index < -0.39 is 0 Å². The van der Waals surface area contributed by atoms with Crippen molar-refractivity contribution in [1.82, 2.24) is 0 Å². The summed E-state index contributed by atoms with van der Waals surface area (Å²) in [5, 5.41) is 0. The zero-order chi connectivity index (χ0) is 2.71. The number of hydrogen-bond donors (Lipinski definition) is 0. The summed E-state index contributed by atoms with van der Waals surface area (Å²) < 4.78 is 0. The van der Waals surface area contributed by atoms with Gasteiger partial charge in [0.2, 0.25) is 0 Å². The fourth-order valence-corrected chi connectivity index (χ4v) is 0. The molecule has 0 bridgehead atoms. The maximum absolute atomic E-state index is 4.92. The van der Waals surface area contributed by atoms with Crippen molar-refractivity contribution in [2.45, 2.75) is 0 Å². The minimum Gasteiger partial charge on any atom is -0.412 e. The minimum atomic E-state index is 0. The predicted molar refractivity (Wildman–Crippen MR) is 23.0 cm³/mol. The van der Waals surface area contributed by atoms with Crippen LogP contribution in [0.1, 0.15) is 0 Å². The maximum Gasteiger partial charge on any atom is -0.00307 e. The van der Waals surface area contributed by atoms with Gasteiger partial charge in [-0.25, -0.2) is 0 Å². The molecule has 3 heteroatoms. The van der Waals surface area contributed by atoms with Gasteiger partial charge in [0.15, 0.2) is 0 Å². The van der Waals surface area contributed by atoms with Gasteiger partial charge in [-0.1, -0.05) is 11.0 Å². The van der Waals surface area contributed by atoms with Gasteiger partial charge in [-0.05, 0) is 16.9 Å². The third kappa shape index (κ3) is 18.5. The minimum absolute atomic E-state index is 0. The van der Waals surface area contributed by atoms with E-state index in [1.54, 1.807) is 0 Å². The highest BCUT2D eigenvalue weighted by molar-refractivity contribution is 8.20. The van der Waals surface area contributed by atoms with Crippen molar-refractivity contribution in [3.05, 3.63) is 0 Å². The van der Waals surface area contributed by atoms with E-state index in [2.05, 4.69) is 0 Å². The lowest BCUT2D eigenvalue weighted by atomic mass is 12.0. The molecule has 0 fully saturated rings. The van der Waals surface area contributed by atoms with Crippen LogP contribution in [0.4, 0.5) is 0 Å². The van der Waals surface area contributed by atoms with Crippen LogP contribution in [-0.4, -0.2) is 11.7 Å². The second kappa shape index (κ2) is 9.51. The van der Waals surface area contributed by atoms with Gasteiger partial charge in [0, 0.05) is 0 Å². The Balaban J connectivity index is 0. The van der Waals surface area contributed by atoms with E-state index in [1.807, 2.05) is 6.26 Å². The summed E-state index contributed by atoms with van der Waals surface area (Å²) in [6.45, 7) is 0. The van der Waals surface area contributed by atoms with Crippen LogP contribution in [0, 0.1) is 0 Å². The van der Waals surface area contributed by atoms with E-state index in [-0.39, 0.29) is 5.48 Å². The zero-order valence-corrected chi connectivity index (χ0v) is 3.86. The third-order valence-electron chi connectivity index (χ3n) is 0. The molecule has 0 amide bonds. The van der Waals surface area contributed by atoms with Crippen molar-refractivity contribution in [2.24, 2.45) is 0 Å². The largest absolute Gasteiger partial charge is 0.412 e. The van der Waals surface area contributed by atoms with E-state index >= 15 is 0 Å². The van der Waals surface area contributed by atoms with Crippen LogP contribution in [0.25, 0.3) is 0 Å². The van der Waals surface area contributed by atoms with E-state index in [4.69, 9.17) is 10.7 Å². The second-order valence-electron chi connectivity index (χ2n) is 0.154. The van der Waals surface area contributed by atoms with Crippen LogP contribution in [0.15, 0.2) is 0 Å². The van der Waals surface area contributed by atoms with E-state index in [9.17, 15) is 0 Å². The first-order valence-electron chi connectivity index (χ1n) is 0.563. The van der Waals surface area contributed by atoms with Crippen LogP contribution >= 0.6 is 21.7 Å². The number of halogens is 1. The lowest BCUT2D eigenvalue weighted by Crippen LogP contribution is -1.07. The van der Waals surface area contributed by atoms with Gasteiger partial charge in [0.25, 0.3) is 0 Å². The molecule has 0 rings (SSSR count). The number of hydrogen-bond acceptors (Lipinski definition) is 1. The van der Waals surface area contributed by atoms with Crippen molar-refractivity contribution in [3.8, 4) is 0 Å². The van der Waals surface area contributed by atoms with Crippen molar-refractivity contribution in [2.75, 3.05) is 6.26 Å². The lowest BCUT2D eigenvalue weighted by Gasteiger charge is -1.46. The Morgan fingerprint density at radius 2 is 1.75 bits per heavy atom. The standard InChI is InChI=1S/CH3ClS.H2O/c1-3-2;/h1H3;1H2. The Hall–Kier alpha value is 0.600. The van der Waals surface area contributed by atoms with Gasteiger partial charge in [0.05, 0.1) is 0 Å². The van der Waals surface area contributed by atoms with Gasteiger partial charge in [0.1, 0.15) is 0 Å². The molecule has 2 N–H and O–H groups in total. The third-order valence-corrected chi connectivity index (χ3v) is 0. The summed E-state index contributed by atoms with van der Waals surface area (Å²) in [7, 11) is 6.14. The molecule has 0 aliphatic rings. The zero-order valence-electron chi connectivity index (χ0n) is 2.29. The SMILES string of the molecule is CSCl.O. The Morgan fingerprint density at radius 3 is 1.75 bits per heavy atom. The van der Waals surface area contributed by atoms with Crippen LogP contribution < -0.4 is 0 Å². The predicted octanol–water partition coefficient (Wildman–Crippen LogP) is 0.678. The number of rotatable bonds is 0. The first kappa shape index (κ1) is 8.82. The van der Waals surface area contributed by atoms with Gasteiger partial charge < -0.3 is 5.48 Å².